The lowest BCUT2D eigenvalue weighted by molar-refractivity contribution is -0.118. The molecule has 0 unspecified atom stereocenters. The van der Waals surface area contributed by atoms with Crippen LogP contribution in [0, 0.1) is 0 Å². The summed E-state index contributed by atoms with van der Waals surface area (Å²) in [5, 5.41) is 2.58. The Balaban J connectivity index is 1.62. The van der Waals surface area contributed by atoms with Crippen LogP contribution in [0.15, 0.2) is 53.4 Å². The van der Waals surface area contributed by atoms with Gasteiger partial charge in [-0.15, -0.1) is 0 Å². The number of hydrogen-bond acceptors (Lipinski definition) is 5. The molecule has 1 saturated heterocycles. The van der Waals surface area contributed by atoms with E-state index < -0.39 is 15.9 Å². The van der Waals surface area contributed by atoms with E-state index >= 15 is 0 Å². The molecule has 2 aromatic rings. The van der Waals surface area contributed by atoms with Gasteiger partial charge in [-0.25, -0.2) is 12.7 Å². The van der Waals surface area contributed by atoms with E-state index in [1.165, 1.54) is 26.2 Å². The van der Waals surface area contributed by atoms with E-state index in [1.807, 2.05) is 0 Å². The number of anilines is 2. The number of carbonyl (C=O) groups is 2. The molecule has 9 heteroatoms. The van der Waals surface area contributed by atoms with Gasteiger partial charge in [-0.05, 0) is 42.8 Å². The molecule has 0 spiro atoms. The maximum atomic E-state index is 12.4. The van der Waals surface area contributed by atoms with E-state index in [-0.39, 0.29) is 23.1 Å². The number of amides is 2. The average Bonchev–Trinajstić information content (AvgIpc) is 3.13. The second kappa shape index (κ2) is 8.62. The topological polar surface area (TPSA) is 96.0 Å². The van der Waals surface area contributed by atoms with E-state index in [0.29, 0.717) is 18.7 Å². The van der Waals surface area contributed by atoms with Crippen molar-refractivity contribution in [2.24, 2.45) is 0 Å². The zero-order valence-corrected chi connectivity index (χ0v) is 17.1. The fourth-order valence-electron chi connectivity index (χ4n) is 2.97. The molecule has 0 aliphatic carbocycles. The van der Waals surface area contributed by atoms with Crippen molar-refractivity contribution in [2.45, 2.75) is 17.7 Å². The third kappa shape index (κ3) is 4.75. The van der Waals surface area contributed by atoms with Crippen molar-refractivity contribution in [3.63, 3.8) is 0 Å². The highest BCUT2D eigenvalue weighted by atomic mass is 32.2. The Labute approximate surface area is 170 Å². The van der Waals surface area contributed by atoms with E-state index in [0.717, 1.165) is 16.4 Å². The Kier molecular flexibility index (Phi) is 6.19. The Morgan fingerprint density at radius 3 is 2.45 bits per heavy atom. The van der Waals surface area contributed by atoms with Crippen LogP contribution in [0.5, 0.6) is 5.75 Å². The second-order valence-corrected chi connectivity index (χ2v) is 8.88. The van der Waals surface area contributed by atoms with Crippen LogP contribution in [-0.2, 0) is 19.6 Å². The molecule has 2 aromatic carbocycles. The molecule has 2 amide bonds. The fraction of sp³-hybridized carbons (Fsp3) is 0.300. The van der Waals surface area contributed by atoms with Gasteiger partial charge >= 0.3 is 0 Å². The van der Waals surface area contributed by atoms with Crippen LogP contribution in [0.25, 0.3) is 0 Å². The summed E-state index contributed by atoms with van der Waals surface area (Å²) in [6, 6.07) is 13.1. The van der Waals surface area contributed by atoms with Gasteiger partial charge in [0, 0.05) is 32.7 Å². The van der Waals surface area contributed by atoms with Gasteiger partial charge in [0.05, 0.1) is 5.69 Å². The quantitative estimate of drug-likeness (QED) is 0.744. The van der Waals surface area contributed by atoms with Gasteiger partial charge in [-0.3, -0.25) is 9.59 Å². The van der Waals surface area contributed by atoms with Crippen molar-refractivity contribution in [2.75, 3.05) is 37.5 Å². The normalized spacial score (nSPS) is 14.3. The van der Waals surface area contributed by atoms with Gasteiger partial charge < -0.3 is 15.0 Å². The molecule has 1 heterocycles. The van der Waals surface area contributed by atoms with Crippen molar-refractivity contribution in [1.29, 1.82) is 0 Å². The number of sulfonamides is 1. The van der Waals surface area contributed by atoms with Crippen LogP contribution >= 0.6 is 0 Å². The SMILES string of the molecule is CN(C)S(=O)(=O)c1ccccc1NC(=O)COc1ccc(N2CCCC2=O)cc1. The number of benzene rings is 2. The van der Waals surface area contributed by atoms with Crippen molar-refractivity contribution in [3.05, 3.63) is 48.5 Å². The molecule has 0 bridgehead atoms. The van der Waals surface area contributed by atoms with E-state index in [2.05, 4.69) is 5.32 Å². The van der Waals surface area contributed by atoms with Crippen LogP contribution in [-0.4, -0.2) is 51.8 Å². The number of carbonyl (C=O) groups excluding carboxylic acids is 2. The highest BCUT2D eigenvalue weighted by Crippen LogP contribution is 2.25. The number of rotatable bonds is 7. The average molecular weight is 417 g/mol. The highest BCUT2D eigenvalue weighted by Gasteiger charge is 2.22. The van der Waals surface area contributed by atoms with Gasteiger partial charge in [0.25, 0.3) is 5.91 Å². The van der Waals surface area contributed by atoms with Crippen LogP contribution < -0.4 is 15.0 Å². The number of ether oxygens (including phenoxy) is 1. The van der Waals surface area contributed by atoms with E-state index in [4.69, 9.17) is 4.74 Å². The van der Waals surface area contributed by atoms with Crippen molar-refractivity contribution in [3.8, 4) is 5.75 Å². The molecular formula is C20H23N3O5S. The highest BCUT2D eigenvalue weighted by molar-refractivity contribution is 7.89. The summed E-state index contributed by atoms with van der Waals surface area (Å²) in [6.07, 6.45) is 1.41. The molecule has 3 rings (SSSR count). The van der Waals surface area contributed by atoms with Crippen molar-refractivity contribution < 1.29 is 22.7 Å². The Bertz CT molecular complexity index is 1000. The number of nitrogens with zero attached hydrogens (tertiary/aromatic N) is 2. The molecule has 1 aliphatic rings. The van der Waals surface area contributed by atoms with Crippen LogP contribution in [0.2, 0.25) is 0 Å². The third-order valence-corrected chi connectivity index (χ3v) is 6.38. The number of nitrogens with one attached hydrogen (secondary N) is 1. The Morgan fingerprint density at radius 1 is 1.14 bits per heavy atom. The molecule has 0 saturated carbocycles. The Morgan fingerprint density at radius 2 is 1.83 bits per heavy atom. The minimum Gasteiger partial charge on any atom is -0.484 e. The summed E-state index contributed by atoms with van der Waals surface area (Å²) in [5.41, 5.74) is 0.991. The molecular weight excluding hydrogens is 394 g/mol. The number of para-hydroxylation sites is 1. The predicted octanol–water partition coefficient (Wildman–Crippen LogP) is 2.08. The lowest BCUT2D eigenvalue weighted by Gasteiger charge is -2.16. The summed E-state index contributed by atoms with van der Waals surface area (Å²) in [7, 11) is -0.838. The lowest BCUT2D eigenvalue weighted by atomic mass is 10.3. The van der Waals surface area contributed by atoms with Gasteiger partial charge in [0.2, 0.25) is 15.9 Å². The summed E-state index contributed by atoms with van der Waals surface area (Å²) in [5.74, 6) is 0.0966. The van der Waals surface area contributed by atoms with Gasteiger partial charge in [0.15, 0.2) is 6.61 Å². The van der Waals surface area contributed by atoms with Gasteiger partial charge in [0.1, 0.15) is 10.6 Å². The third-order valence-electron chi connectivity index (χ3n) is 4.51. The molecule has 1 N–H and O–H groups in total. The zero-order chi connectivity index (χ0) is 21.0. The summed E-state index contributed by atoms with van der Waals surface area (Å²) in [4.78, 5) is 25.8. The van der Waals surface area contributed by atoms with Gasteiger partial charge in [-0.2, -0.15) is 0 Å². The maximum Gasteiger partial charge on any atom is 0.262 e. The molecule has 1 aliphatic heterocycles. The fourth-order valence-corrected chi connectivity index (χ4v) is 4.01. The Hall–Kier alpha value is -2.91. The zero-order valence-electron chi connectivity index (χ0n) is 16.3. The smallest absolute Gasteiger partial charge is 0.262 e. The molecule has 8 nitrogen and oxygen atoms in total. The molecule has 29 heavy (non-hydrogen) atoms. The molecule has 0 radical (unpaired) electrons. The van der Waals surface area contributed by atoms with Gasteiger partial charge in [-0.1, -0.05) is 12.1 Å². The van der Waals surface area contributed by atoms with Crippen LogP contribution in [0.1, 0.15) is 12.8 Å². The first-order valence-electron chi connectivity index (χ1n) is 9.13. The first kappa shape index (κ1) is 20.8. The minimum atomic E-state index is -3.69. The molecule has 154 valence electrons. The van der Waals surface area contributed by atoms with Crippen LogP contribution in [0.3, 0.4) is 0 Å². The largest absolute Gasteiger partial charge is 0.484 e. The second-order valence-electron chi connectivity index (χ2n) is 6.76. The number of hydrogen-bond donors (Lipinski definition) is 1. The maximum absolute atomic E-state index is 12.4. The van der Waals surface area contributed by atoms with E-state index in [9.17, 15) is 18.0 Å². The molecule has 0 aromatic heterocycles. The lowest BCUT2D eigenvalue weighted by Crippen LogP contribution is -2.26. The standard InChI is InChI=1S/C20H23N3O5S/c1-22(2)29(26,27)18-7-4-3-6-17(18)21-19(24)14-28-16-11-9-15(10-12-16)23-13-5-8-20(23)25/h3-4,6-7,9-12H,5,8,13-14H2,1-2H3,(H,21,24). The van der Waals surface area contributed by atoms with Crippen LogP contribution in [0.4, 0.5) is 11.4 Å². The minimum absolute atomic E-state index is 0.0120. The van der Waals surface area contributed by atoms with Crippen molar-refractivity contribution >= 4 is 33.2 Å². The first-order chi connectivity index (χ1) is 13.8. The monoisotopic (exact) mass is 417 g/mol. The molecule has 0 atom stereocenters. The van der Waals surface area contributed by atoms with E-state index in [1.54, 1.807) is 41.3 Å². The first-order valence-corrected chi connectivity index (χ1v) is 10.6. The predicted molar refractivity (Wildman–Crippen MR) is 109 cm³/mol. The molecule has 1 fully saturated rings. The summed E-state index contributed by atoms with van der Waals surface area (Å²) >= 11 is 0. The summed E-state index contributed by atoms with van der Waals surface area (Å²) in [6.45, 7) is 0.426. The summed E-state index contributed by atoms with van der Waals surface area (Å²) < 4.78 is 31.4. The van der Waals surface area contributed by atoms with Crippen molar-refractivity contribution in [1.82, 2.24) is 4.31 Å².